The summed E-state index contributed by atoms with van der Waals surface area (Å²) < 4.78 is 11.6. The third kappa shape index (κ3) is 6.19. The molecule has 1 saturated carbocycles. The van der Waals surface area contributed by atoms with E-state index in [2.05, 4.69) is 36.0 Å². The maximum Gasteiger partial charge on any atom is 0.193 e. The summed E-state index contributed by atoms with van der Waals surface area (Å²) in [5, 5.41) is 3.62. The summed E-state index contributed by atoms with van der Waals surface area (Å²) >= 11 is 0. The fraction of sp³-hybridized carbons (Fsp3) is 0.944. The molecule has 1 aliphatic carbocycles. The van der Waals surface area contributed by atoms with Gasteiger partial charge in [0.2, 0.25) is 0 Å². The molecule has 24 heavy (non-hydrogen) atoms. The van der Waals surface area contributed by atoms with Crippen molar-refractivity contribution in [3.05, 3.63) is 0 Å². The third-order valence-electron chi connectivity index (χ3n) is 5.21. The Morgan fingerprint density at radius 2 is 1.83 bits per heavy atom. The second kappa shape index (κ2) is 10.6. The molecule has 0 radical (unpaired) electrons. The molecule has 0 aromatic heterocycles. The summed E-state index contributed by atoms with van der Waals surface area (Å²) in [7, 11) is 1.89. The highest BCUT2D eigenvalue weighted by Crippen LogP contribution is 2.48. The van der Waals surface area contributed by atoms with Crippen LogP contribution in [0.3, 0.4) is 0 Å². The molecule has 2 unspecified atom stereocenters. The normalized spacial score (nSPS) is 26.0. The Balaban J connectivity index is 0.00000288. The zero-order valence-electron chi connectivity index (χ0n) is 15.8. The van der Waals surface area contributed by atoms with Crippen LogP contribution < -0.4 is 5.32 Å². The molecular weight excluding hydrogens is 370 g/mol. The second-order valence-electron chi connectivity index (χ2n) is 6.95. The fourth-order valence-electron chi connectivity index (χ4n) is 3.27. The molecule has 0 bridgehead atoms. The fourth-order valence-corrected chi connectivity index (χ4v) is 3.27. The van der Waals surface area contributed by atoms with Gasteiger partial charge in [-0.3, -0.25) is 4.99 Å². The van der Waals surface area contributed by atoms with Crippen LogP contribution in [0.4, 0.5) is 0 Å². The lowest BCUT2D eigenvalue weighted by atomic mass is 10.0. The zero-order chi connectivity index (χ0) is 16.7. The minimum atomic E-state index is 0. The standard InChI is InChI=1S/C18H35N3O2.BrH/c1-5-15-12-21(13-16(6-2)23-15)17(19-4)20-14-18(8-9-18)10-11-22-7-3;/h15-16H,5-14H2,1-4H3,(H,19,20);1H. The number of hydrogen-bond donors (Lipinski definition) is 1. The van der Waals surface area contributed by atoms with E-state index in [0.717, 1.165) is 58.1 Å². The third-order valence-corrected chi connectivity index (χ3v) is 5.21. The number of ether oxygens (including phenoxy) is 2. The van der Waals surface area contributed by atoms with E-state index in [1.54, 1.807) is 0 Å². The van der Waals surface area contributed by atoms with Gasteiger partial charge in [0.15, 0.2) is 5.96 Å². The van der Waals surface area contributed by atoms with Gasteiger partial charge < -0.3 is 19.7 Å². The van der Waals surface area contributed by atoms with E-state index in [9.17, 15) is 0 Å². The first kappa shape index (κ1) is 21.7. The molecular formula is C18H36BrN3O2. The number of nitrogens with zero attached hydrogens (tertiary/aromatic N) is 2. The van der Waals surface area contributed by atoms with Gasteiger partial charge in [0.1, 0.15) is 0 Å². The molecule has 6 heteroatoms. The van der Waals surface area contributed by atoms with Gasteiger partial charge >= 0.3 is 0 Å². The predicted molar refractivity (Wildman–Crippen MR) is 105 cm³/mol. The largest absolute Gasteiger partial charge is 0.382 e. The van der Waals surface area contributed by atoms with Gasteiger partial charge in [-0.2, -0.15) is 0 Å². The van der Waals surface area contributed by atoms with Crippen molar-refractivity contribution in [2.75, 3.05) is 39.9 Å². The van der Waals surface area contributed by atoms with Gasteiger partial charge in [-0.1, -0.05) is 13.8 Å². The van der Waals surface area contributed by atoms with E-state index >= 15 is 0 Å². The zero-order valence-corrected chi connectivity index (χ0v) is 17.6. The van der Waals surface area contributed by atoms with Crippen molar-refractivity contribution in [3.8, 4) is 0 Å². The average Bonchev–Trinajstić information content (AvgIpc) is 3.35. The molecule has 0 amide bonds. The molecule has 2 atom stereocenters. The molecule has 2 fully saturated rings. The van der Waals surface area contributed by atoms with E-state index in [4.69, 9.17) is 9.47 Å². The van der Waals surface area contributed by atoms with Crippen molar-refractivity contribution >= 4 is 22.9 Å². The monoisotopic (exact) mass is 405 g/mol. The first-order valence-electron chi connectivity index (χ1n) is 9.35. The Labute approximate surface area is 158 Å². The number of aliphatic imine (C=N–C) groups is 1. The highest BCUT2D eigenvalue weighted by atomic mass is 79.9. The van der Waals surface area contributed by atoms with Crippen LogP contribution in [0.5, 0.6) is 0 Å². The first-order valence-corrected chi connectivity index (χ1v) is 9.35. The first-order chi connectivity index (χ1) is 11.2. The lowest BCUT2D eigenvalue weighted by molar-refractivity contribution is -0.0695. The molecule has 1 N–H and O–H groups in total. The second-order valence-corrected chi connectivity index (χ2v) is 6.95. The van der Waals surface area contributed by atoms with Crippen molar-refractivity contribution in [1.29, 1.82) is 0 Å². The molecule has 2 rings (SSSR count). The lowest BCUT2D eigenvalue weighted by Gasteiger charge is -2.39. The average molecular weight is 406 g/mol. The summed E-state index contributed by atoms with van der Waals surface area (Å²) in [6.45, 7) is 11.1. The minimum absolute atomic E-state index is 0. The highest BCUT2D eigenvalue weighted by molar-refractivity contribution is 8.93. The SMILES string of the molecule is Br.CCOCCC1(CNC(=NC)N2CC(CC)OC(CC)C2)CC1. The molecule has 1 aliphatic heterocycles. The number of halogens is 1. The minimum Gasteiger partial charge on any atom is -0.382 e. The van der Waals surface area contributed by atoms with E-state index < -0.39 is 0 Å². The van der Waals surface area contributed by atoms with Crippen molar-refractivity contribution < 1.29 is 9.47 Å². The van der Waals surface area contributed by atoms with E-state index in [-0.39, 0.29) is 17.0 Å². The van der Waals surface area contributed by atoms with Crippen LogP contribution in [0, 0.1) is 5.41 Å². The lowest BCUT2D eigenvalue weighted by Crippen LogP contribution is -2.54. The van der Waals surface area contributed by atoms with Crippen molar-refractivity contribution in [2.45, 2.75) is 65.1 Å². The maximum absolute atomic E-state index is 6.09. The Bertz CT molecular complexity index is 376. The Morgan fingerprint density at radius 1 is 1.21 bits per heavy atom. The number of hydrogen-bond acceptors (Lipinski definition) is 3. The van der Waals surface area contributed by atoms with Gasteiger partial charge in [-0.25, -0.2) is 0 Å². The quantitative estimate of drug-likeness (QED) is 0.382. The summed E-state index contributed by atoms with van der Waals surface area (Å²) in [4.78, 5) is 6.90. The molecule has 142 valence electrons. The van der Waals surface area contributed by atoms with Crippen LogP contribution in [0.2, 0.25) is 0 Å². The van der Waals surface area contributed by atoms with Crippen LogP contribution in [0.1, 0.15) is 52.9 Å². The number of morpholine rings is 1. The molecule has 1 saturated heterocycles. The number of rotatable bonds is 8. The van der Waals surface area contributed by atoms with Crippen molar-refractivity contribution in [1.82, 2.24) is 10.2 Å². The summed E-state index contributed by atoms with van der Waals surface area (Å²) in [6.07, 6.45) is 6.53. The maximum atomic E-state index is 6.09. The van der Waals surface area contributed by atoms with Gasteiger partial charge in [-0.05, 0) is 44.4 Å². The molecule has 5 nitrogen and oxygen atoms in total. The summed E-state index contributed by atoms with van der Waals surface area (Å²) in [6, 6.07) is 0. The summed E-state index contributed by atoms with van der Waals surface area (Å²) in [5.74, 6) is 1.04. The highest BCUT2D eigenvalue weighted by Gasteiger charge is 2.42. The smallest absolute Gasteiger partial charge is 0.193 e. The van der Waals surface area contributed by atoms with Crippen LogP contribution in [-0.4, -0.2) is 63.0 Å². The topological polar surface area (TPSA) is 46.1 Å². The molecule has 0 aromatic rings. The van der Waals surface area contributed by atoms with Gasteiger partial charge in [0.25, 0.3) is 0 Å². The Kier molecular flexibility index (Phi) is 9.60. The number of nitrogens with one attached hydrogen (secondary N) is 1. The molecule has 0 aromatic carbocycles. The van der Waals surface area contributed by atoms with Gasteiger partial charge in [-0.15, -0.1) is 17.0 Å². The molecule has 0 spiro atoms. The molecule has 2 aliphatic rings. The predicted octanol–water partition coefficient (Wildman–Crippen LogP) is 3.24. The Morgan fingerprint density at radius 3 is 2.29 bits per heavy atom. The van der Waals surface area contributed by atoms with Crippen LogP contribution in [-0.2, 0) is 9.47 Å². The molecule has 1 heterocycles. The van der Waals surface area contributed by atoms with E-state index in [1.807, 2.05) is 7.05 Å². The Hall–Kier alpha value is -0.330. The van der Waals surface area contributed by atoms with Crippen molar-refractivity contribution in [2.24, 2.45) is 10.4 Å². The van der Waals surface area contributed by atoms with Crippen LogP contribution in [0.25, 0.3) is 0 Å². The number of guanidine groups is 1. The van der Waals surface area contributed by atoms with Gasteiger partial charge in [0, 0.05) is 39.9 Å². The van der Waals surface area contributed by atoms with Crippen molar-refractivity contribution in [3.63, 3.8) is 0 Å². The van der Waals surface area contributed by atoms with E-state index in [1.165, 1.54) is 12.8 Å². The van der Waals surface area contributed by atoms with E-state index in [0.29, 0.717) is 17.6 Å². The summed E-state index contributed by atoms with van der Waals surface area (Å²) in [5.41, 5.74) is 0.436. The van der Waals surface area contributed by atoms with Crippen LogP contribution >= 0.6 is 17.0 Å². The van der Waals surface area contributed by atoms with Crippen LogP contribution in [0.15, 0.2) is 4.99 Å². The van der Waals surface area contributed by atoms with Gasteiger partial charge in [0.05, 0.1) is 12.2 Å².